The Balaban J connectivity index is 0.000000297. The number of amides is 1. The zero-order valence-corrected chi connectivity index (χ0v) is 19.4. The van der Waals surface area contributed by atoms with Crippen LogP contribution in [-0.2, 0) is 16.9 Å². The van der Waals surface area contributed by atoms with Crippen LogP contribution in [-0.4, -0.2) is 12.1 Å². The van der Waals surface area contributed by atoms with Crippen LogP contribution in [0.1, 0.15) is 27.0 Å². The van der Waals surface area contributed by atoms with Gasteiger partial charge in [0, 0.05) is 29.2 Å². The summed E-state index contributed by atoms with van der Waals surface area (Å²) in [6.07, 6.45) is -8.18. The zero-order valence-electron chi connectivity index (χ0n) is 17.7. The molecule has 0 radical (unpaired) electrons. The van der Waals surface area contributed by atoms with Crippen LogP contribution in [0, 0.1) is 5.41 Å². The first-order valence-corrected chi connectivity index (χ1v) is 11.1. The van der Waals surface area contributed by atoms with Gasteiger partial charge in [-0.1, -0.05) is 28.3 Å². The van der Waals surface area contributed by atoms with Gasteiger partial charge in [-0.3, -0.25) is 4.79 Å². The first-order valence-electron chi connectivity index (χ1n) is 9.54. The van der Waals surface area contributed by atoms with Gasteiger partial charge in [0.15, 0.2) is 5.30 Å². The van der Waals surface area contributed by atoms with Crippen LogP contribution in [0.4, 0.5) is 37.7 Å². The monoisotopic (exact) mass is 549 g/mol. The molecule has 14 heteroatoms. The number of hydrogen-bond acceptors (Lipinski definition) is 5. The van der Waals surface area contributed by atoms with Crippen LogP contribution >= 0.6 is 19.6 Å². The van der Waals surface area contributed by atoms with Crippen LogP contribution in [0.5, 0.6) is 0 Å². The summed E-state index contributed by atoms with van der Waals surface area (Å²) in [4.78, 5) is 22.5. The molecule has 4 N–H and O–H groups in total. The quantitative estimate of drug-likeness (QED) is 0.169. The van der Waals surface area contributed by atoms with Crippen molar-refractivity contribution in [1.82, 2.24) is 0 Å². The largest absolute Gasteiger partial charge is 0.591 e. The number of anilines is 2. The van der Waals surface area contributed by atoms with Gasteiger partial charge in [0.25, 0.3) is 5.91 Å². The van der Waals surface area contributed by atoms with Crippen molar-refractivity contribution < 1.29 is 40.6 Å². The zero-order chi connectivity index (χ0) is 27.3. The summed E-state index contributed by atoms with van der Waals surface area (Å²) >= 11 is 5.76. The molecule has 0 aliphatic rings. The topological polar surface area (TPSA) is 119 Å². The van der Waals surface area contributed by atoms with E-state index in [1.165, 1.54) is 24.3 Å². The van der Waals surface area contributed by atoms with Gasteiger partial charge in [-0.05, 0) is 42.5 Å². The molecule has 36 heavy (non-hydrogen) atoms. The molecular formula is C22H15ClF6N3O3P. The lowest BCUT2D eigenvalue weighted by Gasteiger charge is -2.14. The molecule has 3 rings (SSSR count). The summed E-state index contributed by atoms with van der Waals surface area (Å²) < 4.78 is 85.5. The van der Waals surface area contributed by atoms with E-state index >= 15 is 0 Å². The number of halogens is 7. The van der Waals surface area contributed by atoms with Gasteiger partial charge in [-0.25, -0.2) is 0 Å². The van der Waals surface area contributed by atoms with Gasteiger partial charge in [0.1, 0.15) is 0 Å². The Kier molecular flexibility index (Phi) is 9.20. The molecule has 0 heterocycles. The molecule has 190 valence electrons. The molecule has 1 atom stereocenters. The Hall–Kier alpha value is -3.47. The average Bonchev–Trinajstić information content (AvgIpc) is 2.78. The Labute approximate surface area is 206 Å². The summed E-state index contributed by atoms with van der Waals surface area (Å²) in [5, 5.41) is 8.81. The Bertz CT molecular complexity index is 1300. The van der Waals surface area contributed by atoms with E-state index in [4.69, 9.17) is 22.7 Å². The number of benzene rings is 3. The number of hydrogen-bond donors (Lipinski definition) is 3. The highest BCUT2D eigenvalue weighted by molar-refractivity contribution is 7.45. The highest BCUT2D eigenvalue weighted by Gasteiger charge is 2.36. The molecule has 3 aromatic carbocycles. The van der Waals surface area contributed by atoms with Gasteiger partial charge in [0.2, 0.25) is 0 Å². The predicted molar refractivity (Wildman–Crippen MR) is 122 cm³/mol. The molecule has 1 unspecified atom stereocenters. The second-order valence-corrected chi connectivity index (χ2v) is 8.35. The van der Waals surface area contributed by atoms with Crippen LogP contribution in [0.3, 0.4) is 0 Å². The van der Waals surface area contributed by atoms with Crippen LogP contribution < -0.4 is 21.2 Å². The van der Waals surface area contributed by atoms with E-state index in [1.807, 2.05) is 0 Å². The minimum Gasteiger partial charge on any atom is -0.591 e. The number of carbonyl (C=O) groups excluding carboxylic acids is 1. The SMILES string of the molecule is N=Cc1ccc(NC(=O)c2c(Cl)cccc2C(F)(F)F)cc1N.O=[P+]([O-])c1cccc(C(F)(F)F)c1. The number of carbonyl (C=O) groups is 1. The minimum atomic E-state index is -4.71. The predicted octanol–water partition coefficient (Wildman–Crippen LogP) is 5.62. The summed E-state index contributed by atoms with van der Waals surface area (Å²) in [5.41, 5.74) is 3.78. The van der Waals surface area contributed by atoms with Gasteiger partial charge >= 0.3 is 20.4 Å². The van der Waals surface area contributed by atoms with Crippen molar-refractivity contribution in [2.24, 2.45) is 0 Å². The fraction of sp³-hybridized carbons (Fsp3) is 0.0909. The van der Waals surface area contributed by atoms with E-state index in [0.717, 1.165) is 36.5 Å². The Morgan fingerprint density at radius 2 is 1.64 bits per heavy atom. The van der Waals surface area contributed by atoms with Crippen molar-refractivity contribution in [2.75, 3.05) is 11.1 Å². The Morgan fingerprint density at radius 3 is 2.17 bits per heavy atom. The molecule has 0 fully saturated rings. The number of alkyl halides is 6. The van der Waals surface area contributed by atoms with Crippen molar-refractivity contribution in [3.8, 4) is 0 Å². The smallest absolute Gasteiger partial charge is 0.417 e. The third-order valence-corrected chi connectivity index (χ3v) is 5.45. The lowest BCUT2D eigenvalue weighted by molar-refractivity contribution is -0.160. The van der Waals surface area contributed by atoms with Crippen molar-refractivity contribution >= 4 is 48.4 Å². The van der Waals surface area contributed by atoms with Crippen molar-refractivity contribution in [3.63, 3.8) is 0 Å². The molecule has 0 bridgehead atoms. The van der Waals surface area contributed by atoms with Crippen LogP contribution in [0.15, 0.2) is 60.7 Å². The summed E-state index contributed by atoms with van der Waals surface area (Å²) in [6.45, 7) is 0. The van der Waals surface area contributed by atoms with Gasteiger partial charge in [-0.2, -0.15) is 26.3 Å². The summed E-state index contributed by atoms with van der Waals surface area (Å²) in [5.74, 6) is -0.995. The lowest BCUT2D eigenvalue weighted by Crippen LogP contribution is -2.19. The third kappa shape index (κ3) is 7.51. The molecule has 0 saturated carbocycles. The first-order chi connectivity index (χ1) is 16.6. The molecule has 0 spiro atoms. The minimum absolute atomic E-state index is 0.200. The Morgan fingerprint density at radius 1 is 1.00 bits per heavy atom. The van der Waals surface area contributed by atoms with Crippen molar-refractivity contribution in [2.45, 2.75) is 12.4 Å². The van der Waals surface area contributed by atoms with Crippen molar-refractivity contribution in [1.29, 1.82) is 5.41 Å². The van der Waals surface area contributed by atoms with Gasteiger partial charge in [0.05, 0.1) is 21.7 Å². The second kappa shape index (κ2) is 11.5. The number of nitrogens with two attached hydrogens (primary N) is 1. The summed E-state index contributed by atoms with van der Waals surface area (Å²) in [7, 11) is -2.96. The molecule has 6 nitrogen and oxygen atoms in total. The van der Waals surface area contributed by atoms with E-state index in [1.54, 1.807) is 0 Å². The molecule has 0 aromatic heterocycles. The fourth-order valence-corrected chi connectivity index (χ4v) is 3.48. The van der Waals surface area contributed by atoms with Crippen molar-refractivity contribution in [3.05, 3.63) is 87.9 Å². The van der Waals surface area contributed by atoms with E-state index in [0.29, 0.717) is 11.6 Å². The maximum atomic E-state index is 13.0. The number of nitrogens with one attached hydrogen (secondary N) is 2. The maximum absolute atomic E-state index is 13.0. The lowest BCUT2D eigenvalue weighted by atomic mass is 10.1. The van der Waals surface area contributed by atoms with E-state index in [9.17, 15) is 40.6 Å². The third-order valence-electron chi connectivity index (χ3n) is 4.43. The fourth-order valence-electron chi connectivity index (χ4n) is 2.76. The molecule has 1 amide bonds. The summed E-state index contributed by atoms with van der Waals surface area (Å²) in [6, 6.07) is 11.0. The molecule has 0 aliphatic heterocycles. The highest BCUT2D eigenvalue weighted by Crippen LogP contribution is 2.35. The number of nitrogen functional groups attached to an aromatic ring is 1. The molecule has 0 saturated heterocycles. The molecular weight excluding hydrogens is 535 g/mol. The van der Waals surface area contributed by atoms with Gasteiger partial charge < -0.3 is 21.4 Å². The highest BCUT2D eigenvalue weighted by atomic mass is 35.5. The van der Waals surface area contributed by atoms with E-state index < -0.39 is 43.0 Å². The number of rotatable bonds is 4. The van der Waals surface area contributed by atoms with E-state index in [-0.39, 0.29) is 21.7 Å². The molecule has 0 aliphatic carbocycles. The second-order valence-electron chi connectivity index (χ2n) is 6.91. The molecule has 3 aromatic rings. The van der Waals surface area contributed by atoms with E-state index in [2.05, 4.69) is 5.32 Å². The van der Waals surface area contributed by atoms with Crippen LogP contribution in [0.2, 0.25) is 5.02 Å². The first kappa shape index (κ1) is 28.8. The standard InChI is InChI=1S/C15H11ClF3N3O.C7H4F3O2P/c16-11-3-1-2-10(15(17,18)19)13(11)14(23)22-9-5-4-8(7-20)12(21)6-9;8-7(9,10)5-2-1-3-6(4-5)13(11)12/h1-7,20H,21H2,(H,22,23);1-4H. The van der Waals surface area contributed by atoms with Gasteiger partial charge in [-0.15, -0.1) is 0 Å². The maximum Gasteiger partial charge on any atom is 0.417 e. The average molecular weight is 550 g/mol. The normalized spacial score (nSPS) is 11.7. The van der Waals surface area contributed by atoms with Crippen LogP contribution in [0.25, 0.3) is 0 Å².